The molecular formula is C14H13N3O3. The summed E-state index contributed by atoms with van der Waals surface area (Å²) in [7, 11) is 0. The van der Waals surface area contributed by atoms with Crippen LogP contribution < -0.4 is 11.1 Å². The monoisotopic (exact) mass is 271 g/mol. The summed E-state index contributed by atoms with van der Waals surface area (Å²) in [6.07, 6.45) is 0. The Morgan fingerprint density at radius 3 is 2.60 bits per heavy atom. The summed E-state index contributed by atoms with van der Waals surface area (Å²) in [5.74, 6) is -0.557. The predicted octanol–water partition coefficient (Wildman–Crippen LogP) is 2.74. The number of hydrogen-bond donors (Lipinski definition) is 2. The van der Waals surface area contributed by atoms with Gasteiger partial charge >= 0.3 is 0 Å². The molecule has 2 rings (SSSR count). The lowest BCUT2D eigenvalue weighted by atomic mass is 10.1. The van der Waals surface area contributed by atoms with Crippen molar-refractivity contribution in [2.75, 3.05) is 11.1 Å². The average Bonchev–Trinajstić information content (AvgIpc) is 2.40. The largest absolute Gasteiger partial charge is 0.397 e. The summed E-state index contributed by atoms with van der Waals surface area (Å²) in [4.78, 5) is 22.5. The lowest BCUT2D eigenvalue weighted by Crippen LogP contribution is -2.15. The van der Waals surface area contributed by atoms with Crippen LogP contribution in [0.3, 0.4) is 0 Å². The SMILES string of the molecule is Cc1ccc([N+](=O)[O-])c(C(=O)Nc2ccccc2N)c1. The van der Waals surface area contributed by atoms with Crippen LogP contribution in [0.4, 0.5) is 17.1 Å². The zero-order valence-electron chi connectivity index (χ0n) is 10.8. The van der Waals surface area contributed by atoms with Gasteiger partial charge in [0.05, 0.1) is 16.3 Å². The minimum atomic E-state index is -0.581. The number of nitrogens with two attached hydrogens (primary N) is 1. The van der Waals surface area contributed by atoms with Gasteiger partial charge in [-0.2, -0.15) is 0 Å². The molecule has 3 N–H and O–H groups in total. The van der Waals surface area contributed by atoms with E-state index >= 15 is 0 Å². The van der Waals surface area contributed by atoms with E-state index in [0.29, 0.717) is 11.4 Å². The molecule has 6 nitrogen and oxygen atoms in total. The number of rotatable bonds is 3. The van der Waals surface area contributed by atoms with Crippen molar-refractivity contribution >= 4 is 23.0 Å². The molecule has 2 aromatic rings. The maximum atomic E-state index is 12.2. The third kappa shape index (κ3) is 2.74. The molecule has 0 saturated heterocycles. The third-order valence-electron chi connectivity index (χ3n) is 2.80. The molecule has 102 valence electrons. The Bertz CT molecular complexity index is 683. The van der Waals surface area contributed by atoms with Gasteiger partial charge in [-0.1, -0.05) is 18.2 Å². The van der Waals surface area contributed by atoms with E-state index in [1.807, 2.05) is 0 Å². The molecule has 6 heteroatoms. The van der Waals surface area contributed by atoms with E-state index in [4.69, 9.17) is 5.73 Å². The molecule has 0 saturated carbocycles. The zero-order valence-corrected chi connectivity index (χ0v) is 10.8. The van der Waals surface area contributed by atoms with Gasteiger partial charge in [0.2, 0.25) is 0 Å². The number of para-hydroxylation sites is 2. The molecule has 0 unspecified atom stereocenters. The van der Waals surface area contributed by atoms with E-state index in [2.05, 4.69) is 5.32 Å². The van der Waals surface area contributed by atoms with Gasteiger partial charge in [-0.05, 0) is 30.7 Å². The highest BCUT2D eigenvalue weighted by atomic mass is 16.6. The number of aryl methyl sites for hydroxylation is 1. The van der Waals surface area contributed by atoms with Gasteiger partial charge in [0.15, 0.2) is 0 Å². The average molecular weight is 271 g/mol. The summed E-state index contributed by atoms with van der Waals surface area (Å²) in [6, 6.07) is 11.1. The number of carbonyl (C=O) groups is 1. The molecule has 0 fully saturated rings. The zero-order chi connectivity index (χ0) is 14.7. The van der Waals surface area contributed by atoms with Gasteiger partial charge in [-0.15, -0.1) is 0 Å². The number of hydrogen-bond acceptors (Lipinski definition) is 4. The Morgan fingerprint density at radius 2 is 1.95 bits per heavy atom. The Kier molecular flexibility index (Phi) is 3.65. The molecule has 0 spiro atoms. The normalized spacial score (nSPS) is 10.1. The highest BCUT2D eigenvalue weighted by Crippen LogP contribution is 2.23. The maximum absolute atomic E-state index is 12.2. The number of nitro benzene ring substituents is 1. The minimum absolute atomic E-state index is 0.0123. The van der Waals surface area contributed by atoms with Crippen LogP contribution in [-0.2, 0) is 0 Å². The second kappa shape index (κ2) is 5.40. The van der Waals surface area contributed by atoms with E-state index in [9.17, 15) is 14.9 Å². The standard InChI is InChI=1S/C14H13N3O3/c1-9-6-7-13(17(19)20)10(8-9)14(18)16-12-5-3-2-4-11(12)15/h2-8H,15H2,1H3,(H,16,18). The maximum Gasteiger partial charge on any atom is 0.282 e. The minimum Gasteiger partial charge on any atom is -0.397 e. The fourth-order valence-electron chi connectivity index (χ4n) is 1.79. The summed E-state index contributed by atoms with van der Waals surface area (Å²) in [5, 5.41) is 13.5. The van der Waals surface area contributed by atoms with Gasteiger partial charge in [0, 0.05) is 6.07 Å². The van der Waals surface area contributed by atoms with Crippen LogP contribution in [0.5, 0.6) is 0 Å². The summed E-state index contributed by atoms with van der Waals surface area (Å²) in [5.41, 5.74) is 7.09. The molecule has 20 heavy (non-hydrogen) atoms. The van der Waals surface area contributed by atoms with Gasteiger partial charge < -0.3 is 11.1 Å². The van der Waals surface area contributed by atoms with Crippen molar-refractivity contribution in [2.45, 2.75) is 6.92 Å². The van der Waals surface area contributed by atoms with Crippen molar-refractivity contribution in [3.63, 3.8) is 0 Å². The number of carbonyl (C=O) groups excluding carboxylic acids is 1. The van der Waals surface area contributed by atoms with Crippen molar-refractivity contribution < 1.29 is 9.72 Å². The molecule has 0 radical (unpaired) electrons. The first kappa shape index (κ1) is 13.5. The number of anilines is 2. The first-order valence-corrected chi connectivity index (χ1v) is 5.90. The number of amides is 1. The van der Waals surface area contributed by atoms with Gasteiger partial charge in [0.1, 0.15) is 5.56 Å². The molecule has 0 heterocycles. The van der Waals surface area contributed by atoms with E-state index < -0.39 is 10.8 Å². The fraction of sp³-hybridized carbons (Fsp3) is 0.0714. The predicted molar refractivity (Wildman–Crippen MR) is 76.6 cm³/mol. The first-order valence-electron chi connectivity index (χ1n) is 5.90. The molecule has 0 aliphatic carbocycles. The number of nitrogens with one attached hydrogen (secondary N) is 1. The highest BCUT2D eigenvalue weighted by molar-refractivity contribution is 6.08. The van der Waals surface area contributed by atoms with Crippen molar-refractivity contribution in [3.05, 3.63) is 63.7 Å². The second-order valence-corrected chi connectivity index (χ2v) is 4.32. The number of benzene rings is 2. The van der Waals surface area contributed by atoms with Crippen LogP contribution in [0.1, 0.15) is 15.9 Å². The smallest absolute Gasteiger partial charge is 0.282 e. The van der Waals surface area contributed by atoms with Gasteiger partial charge in [-0.25, -0.2) is 0 Å². The fourth-order valence-corrected chi connectivity index (χ4v) is 1.79. The Morgan fingerprint density at radius 1 is 1.25 bits per heavy atom. The lowest BCUT2D eigenvalue weighted by Gasteiger charge is -2.08. The van der Waals surface area contributed by atoms with Gasteiger partial charge in [-0.3, -0.25) is 14.9 Å². The van der Waals surface area contributed by atoms with Crippen molar-refractivity contribution in [1.82, 2.24) is 0 Å². The Hall–Kier alpha value is -2.89. The quantitative estimate of drug-likeness (QED) is 0.509. The second-order valence-electron chi connectivity index (χ2n) is 4.32. The van der Waals surface area contributed by atoms with Crippen LogP contribution in [0.15, 0.2) is 42.5 Å². The topological polar surface area (TPSA) is 98.3 Å². The van der Waals surface area contributed by atoms with E-state index in [1.165, 1.54) is 12.1 Å². The number of nitro groups is 1. The van der Waals surface area contributed by atoms with Crippen LogP contribution >= 0.6 is 0 Å². The summed E-state index contributed by atoms with van der Waals surface area (Å²) in [6.45, 7) is 1.76. The molecule has 2 aromatic carbocycles. The summed E-state index contributed by atoms with van der Waals surface area (Å²) < 4.78 is 0. The molecule has 0 atom stereocenters. The highest BCUT2D eigenvalue weighted by Gasteiger charge is 2.20. The van der Waals surface area contributed by atoms with Crippen LogP contribution in [-0.4, -0.2) is 10.8 Å². The Balaban J connectivity index is 2.37. The molecule has 0 aromatic heterocycles. The van der Waals surface area contributed by atoms with Crippen LogP contribution in [0.2, 0.25) is 0 Å². The lowest BCUT2D eigenvalue weighted by molar-refractivity contribution is -0.385. The molecule has 1 amide bonds. The third-order valence-corrected chi connectivity index (χ3v) is 2.80. The van der Waals surface area contributed by atoms with Crippen LogP contribution in [0.25, 0.3) is 0 Å². The molecule has 0 bridgehead atoms. The van der Waals surface area contributed by atoms with E-state index in [0.717, 1.165) is 5.56 Å². The number of nitrogens with zero attached hydrogens (tertiary/aromatic N) is 1. The van der Waals surface area contributed by atoms with Crippen molar-refractivity contribution in [2.24, 2.45) is 0 Å². The van der Waals surface area contributed by atoms with E-state index in [1.54, 1.807) is 37.3 Å². The Labute approximate surface area is 115 Å². The van der Waals surface area contributed by atoms with Gasteiger partial charge in [0.25, 0.3) is 11.6 Å². The van der Waals surface area contributed by atoms with Crippen molar-refractivity contribution in [3.8, 4) is 0 Å². The number of nitrogen functional groups attached to an aromatic ring is 1. The summed E-state index contributed by atoms with van der Waals surface area (Å²) >= 11 is 0. The molecular weight excluding hydrogens is 258 g/mol. The molecule has 0 aliphatic rings. The van der Waals surface area contributed by atoms with Crippen molar-refractivity contribution in [1.29, 1.82) is 0 Å². The first-order chi connectivity index (χ1) is 9.49. The van der Waals surface area contributed by atoms with E-state index in [-0.39, 0.29) is 11.3 Å². The van der Waals surface area contributed by atoms with Crippen LogP contribution in [0, 0.1) is 17.0 Å². The molecule has 0 aliphatic heterocycles.